The van der Waals surface area contributed by atoms with E-state index in [1.165, 1.54) is 30.3 Å². The lowest BCUT2D eigenvalue weighted by molar-refractivity contribution is -0.405. The highest BCUT2D eigenvalue weighted by Crippen LogP contribution is 2.60. The average molecular weight is 1030 g/mol. The Hall–Kier alpha value is -6.02. The number of ether oxygens (including phenoxy) is 1. The second-order valence-electron chi connectivity index (χ2n) is 22.1. The summed E-state index contributed by atoms with van der Waals surface area (Å²) in [7, 11) is 0. The number of aromatic amines is 1. The Balaban J connectivity index is 1.08. The van der Waals surface area contributed by atoms with Crippen LogP contribution in [0.15, 0.2) is 93.9 Å². The third kappa shape index (κ3) is 8.20. The lowest BCUT2D eigenvalue weighted by Crippen LogP contribution is -2.70. The number of hydrogen-bond acceptors (Lipinski definition) is 14. The molecule has 0 unspecified atom stereocenters. The monoisotopic (exact) mass is 1030 g/mol. The summed E-state index contributed by atoms with van der Waals surface area (Å²) in [5.41, 5.74) is 0.727. The van der Waals surface area contributed by atoms with Crippen LogP contribution in [-0.4, -0.2) is 118 Å². The van der Waals surface area contributed by atoms with Gasteiger partial charge in [0.05, 0.1) is 17.5 Å². The van der Waals surface area contributed by atoms with Crippen LogP contribution in [0.4, 0.5) is 0 Å². The van der Waals surface area contributed by atoms with Crippen LogP contribution in [0.1, 0.15) is 80.9 Å². The number of allylic oxidation sites excluding steroid dienone is 1. The van der Waals surface area contributed by atoms with Crippen molar-refractivity contribution in [3.63, 3.8) is 0 Å². The molecule has 17 nitrogen and oxygen atoms in total. The lowest BCUT2D eigenvalue weighted by atomic mass is 9.53. The fraction of sp³-hybridized carbons (Fsp3) is 0.483. The first-order valence-corrected chi connectivity index (χ1v) is 26.7. The minimum atomic E-state index is -2.49. The largest absolute Gasteiger partial charge is 0.508 e. The number of nitrogens with zero attached hydrogens (tertiary/aromatic N) is 1. The van der Waals surface area contributed by atoms with E-state index in [2.05, 4.69) is 45.3 Å². The number of hydrogen-bond donors (Lipinski definition) is 10. The molecular formula is C58H66N4O13. The molecule has 3 aliphatic carbocycles. The highest BCUT2D eigenvalue weighted by Gasteiger charge is 2.66. The van der Waals surface area contributed by atoms with Gasteiger partial charge in [0, 0.05) is 90.2 Å². The molecule has 1 amide bonds. The Kier molecular flexibility index (Phi) is 12.8. The number of nitrogens with one attached hydrogen (secondary N) is 3. The fourth-order valence-corrected chi connectivity index (χ4v) is 14.1. The molecule has 3 aliphatic heterocycles. The van der Waals surface area contributed by atoms with Gasteiger partial charge in [0.2, 0.25) is 5.91 Å². The van der Waals surface area contributed by atoms with E-state index in [1.54, 1.807) is 19.1 Å². The normalized spacial score (nSPS) is 28.8. The van der Waals surface area contributed by atoms with Gasteiger partial charge in [0.25, 0.3) is 0 Å². The van der Waals surface area contributed by atoms with E-state index in [1.807, 2.05) is 18.5 Å². The Labute approximate surface area is 432 Å². The van der Waals surface area contributed by atoms with Gasteiger partial charge in [0.1, 0.15) is 59.1 Å². The summed E-state index contributed by atoms with van der Waals surface area (Å²) in [5.74, 6) is -0.602. The van der Waals surface area contributed by atoms with E-state index in [9.17, 15) is 45.3 Å². The number of aliphatic hydroxyl groups is 5. The number of aromatic nitrogens is 2. The van der Waals surface area contributed by atoms with Crippen LogP contribution in [0, 0.1) is 30.6 Å². The minimum absolute atomic E-state index is 0.00389. The van der Waals surface area contributed by atoms with Crippen LogP contribution in [-0.2, 0) is 33.8 Å². The number of benzene rings is 3. The van der Waals surface area contributed by atoms with Crippen LogP contribution in [0.3, 0.4) is 0 Å². The van der Waals surface area contributed by atoms with Crippen molar-refractivity contribution in [1.82, 2.24) is 20.2 Å². The zero-order valence-corrected chi connectivity index (χ0v) is 42.1. The maximum absolute atomic E-state index is 14.2. The molecule has 6 aromatic rings. The van der Waals surface area contributed by atoms with Crippen molar-refractivity contribution in [3.8, 4) is 22.9 Å². The van der Waals surface area contributed by atoms with Crippen molar-refractivity contribution < 1.29 is 59.5 Å². The summed E-state index contributed by atoms with van der Waals surface area (Å²) in [6.07, 6.45) is 8.26. The molecule has 6 heterocycles. The number of carbonyl (C=O) groups is 1. The zero-order chi connectivity index (χ0) is 52.1. The second kappa shape index (κ2) is 19.2. The van der Waals surface area contributed by atoms with Crippen molar-refractivity contribution in [2.75, 3.05) is 13.2 Å². The Bertz CT molecular complexity index is 3320. The molecule has 12 rings (SSSR count). The highest BCUT2D eigenvalue weighted by atomic mass is 17.2. The summed E-state index contributed by atoms with van der Waals surface area (Å²) in [4.78, 5) is 44.5. The standard InChI is InChI=1S/C58H66N4O13/c1-3-44-38-17-18-59-43(38)27-62(44)52-54-32(20-40-46(66)19-29(2)72-55(40)52)22-49-58(73-54)41-14-13-36(33-23-50(68)60-26-33)51(58)30(21-42(41)61-34-7-5-4-6-8-34)10-16-48(74-75-49)57(71,56(70)53(69)47(67)28-63)25-31-9-15-45(65)37-12-11-35(64)24-39(31)37/h9,11-15,17-21,24,27,33-34,36,41-42,47-49,51,53,56,59,61,63-65,67,69-71H,3-8,10,16,22-23,25-26,28H2,1-2H3,(H,60,68)/t33-,36-,41-,42-,47+,48-,49+,51-,53+,56-,57-,58-/m0/s1. The number of aromatic hydroxyl groups is 2. The Morgan fingerprint density at radius 1 is 0.933 bits per heavy atom. The van der Waals surface area contributed by atoms with Gasteiger partial charge in [-0.25, -0.2) is 9.78 Å². The summed E-state index contributed by atoms with van der Waals surface area (Å²) in [6, 6.07) is 12.6. The van der Waals surface area contributed by atoms with E-state index in [0.717, 1.165) is 54.3 Å². The molecule has 6 aliphatic rings. The molecule has 1 saturated carbocycles. The second-order valence-corrected chi connectivity index (χ2v) is 22.1. The first-order valence-electron chi connectivity index (χ1n) is 26.7. The van der Waals surface area contributed by atoms with Gasteiger partial charge in [-0.3, -0.25) is 9.59 Å². The van der Waals surface area contributed by atoms with E-state index < -0.39 is 66.6 Å². The molecule has 3 fully saturated rings. The van der Waals surface area contributed by atoms with Gasteiger partial charge in [-0.15, -0.1) is 0 Å². The molecule has 3 aromatic heterocycles. The van der Waals surface area contributed by atoms with Gasteiger partial charge in [-0.2, -0.15) is 0 Å². The fourth-order valence-electron chi connectivity index (χ4n) is 14.1. The number of aliphatic hydroxyl groups excluding tert-OH is 4. The molecule has 75 heavy (non-hydrogen) atoms. The summed E-state index contributed by atoms with van der Waals surface area (Å²) < 4.78 is 16.8. The third-order valence-corrected chi connectivity index (χ3v) is 17.7. The predicted octanol–water partition coefficient (Wildman–Crippen LogP) is 5.49. The predicted molar refractivity (Wildman–Crippen MR) is 277 cm³/mol. The van der Waals surface area contributed by atoms with Gasteiger partial charge in [0.15, 0.2) is 22.4 Å². The first-order chi connectivity index (χ1) is 36.2. The molecule has 17 heteroatoms. The molecule has 3 aromatic carbocycles. The van der Waals surface area contributed by atoms with E-state index >= 15 is 0 Å². The Morgan fingerprint density at radius 2 is 1.76 bits per heavy atom. The Morgan fingerprint density at radius 3 is 2.53 bits per heavy atom. The molecular weight excluding hydrogens is 961 g/mol. The number of aryl methyl sites for hydroxylation is 2. The maximum atomic E-state index is 14.2. The molecule has 396 valence electrons. The number of amides is 1. The molecule has 4 bridgehead atoms. The number of H-pyrrole nitrogens is 1. The third-order valence-electron chi connectivity index (χ3n) is 17.7. The zero-order valence-electron chi connectivity index (χ0n) is 42.1. The average Bonchev–Trinajstić information content (AvgIpc) is 4.21. The van der Waals surface area contributed by atoms with E-state index in [0.29, 0.717) is 63.0 Å². The van der Waals surface area contributed by atoms with Crippen molar-refractivity contribution in [3.05, 3.63) is 118 Å². The number of rotatable bonds is 12. The lowest BCUT2D eigenvalue weighted by Gasteiger charge is -2.60. The summed E-state index contributed by atoms with van der Waals surface area (Å²) in [5, 5.41) is 89.0. The van der Waals surface area contributed by atoms with Gasteiger partial charge < -0.3 is 65.1 Å². The highest BCUT2D eigenvalue weighted by molar-refractivity contribution is 5.93. The molecule has 1 spiro atoms. The molecule has 10 N–H and O–H groups in total. The van der Waals surface area contributed by atoms with Crippen LogP contribution in [0.25, 0.3) is 38.3 Å². The quantitative estimate of drug-likeness (QED) is 0.0538. The molecule has 12 atom stereocenters. The van der Waals surface area contributed by atoms with Gasteiger partial charge in [-0.05, 0) is 98.2 Å². The number of phenols is 2. The SMILES string of the molecule is CCc1c2cc[nH]c2cn1-c1c2c(cc3c(=O)cc(C)oc13)C[C@H]1OO[C@H]([C@@](O)(Cc3ccc(O)c4ccc(O)cc34)[C@@H](O)[C@H](O)[C@H](O)CO)CCC3=C[C@H](NC4CCCCC4)[C@@H]4C=C[C@@H]([C@@H]5CNC(=O)C5)[C@H]3[C@@]14O2. The summed E-state index contributed by atoms with van der Waals surface area (Å²) in [6.45, 7) is 3.34. The topological polar surface area (TPSA) is 261 Å². The number of fused-ring (bicyclic) bond motifs is 4. The van der Waals surface area contributed by atoms with Crippen molar-refractivity contribution in [2.24, 2.45) is 23.7 Å². The van der Waals surface area contributed by atoms with Crippen LogP contribution in [0.2, 0.25) is 0 Å². The van der Waals surface area contributed by atoms with Crippen LogP contribution in [0.5, 0.6) is 17.2 Å². The van der Waals surface area contributed by atoms with Crippen LogP contribution >= 0.6 is 0 Å². The smallest absolute Gasteiger partial charge is 0.220 e. The molecule has 2 saturated heterocycles. The van der Waals surface area contributed by atoms with Crippen molar-refractivity contribution >= 4 is 38.6 Å². The summed E-state index contributed by atoms with van der Waals surface area (Å²) >= 11 is 0. The maximum Gasteiger partial charge on any atom is 0.220 e. The van der Waals surface area contributed by atoms with E-state index in [-0.39, 0.29) is 72.4 Å². The van der Waals surface area contributed by atoms with Crippen molar-refractivity contribution in [1.29, 1.82) is 0 Å². The number of phenolic OH excluding ortho intramolecular Hbond substituents is 2. The molecule has 0 radical (unpaired) electrons. The van der Waals surface area contributed by atoms with Gasteiger partial charge >= 0.3 is 0 Å². The van der Waals surface area contributed by atoms with Crippen LogP contribution < -0.4 is 20.8 Å². The first kappa shape index (κ1) is 49.8. The van der Waals surface area contributed by atoms with E-state index in [4.69, 9.17) is 18.9 Å². The minimum Gasteiger partial charge on any atom is -0.508 e. The number of carbonyl (C=O) groups excluding carboxylic acids is 1. The van der Waals surface area contributed by atoms with Crippen molar-refractivity contribution in [2.45, 2.75) is 138 Å². The van der Waals surface area contributed by atoms with Gasteiger partial charge in [-0.1, -0.05) is 56.1 Å².